The summed E-state index contributed by atoms with van der Waals surface area (Å²) in [7, 11) is 1.40. The number of hydrogen-bond donors (Lipinski definition) is 1. The van der Waals surface area contributed by atoms with Crippen molar-refractivity contribution >= 4 is 29.1 Å². The Morgan fingerprint density at radius 3 is 2.44 bits per heavy atom. The van der Waals surface area contributed by atoms with Crippen molar-refractivity contribution in [2.45, 2.75) is 12.8 Å². The van der Waals surface area contributed by atoms with Crippen molar-refractivity contribution in [1.29, 1.82) is 0 Å². The minimum absolute atomic E-state index is 0.201. The zero-order chi connectivity index (χ0) is 19.1. The Morgan fingerprint density at radius 1 is 1.00 bits per heavy atom. The first-order chi connectivity index (χ1) is 12.9. The molecule has 2 aliphatic rings. The Labute approximate surface area is 155 Å². The lowest BCUT2D eigenvalue weighted by Gasteiger charge is -2.19. The lowest BCUT2D eigenvalue weighted by atomic mass is 10.1. The molecule has 0 saturated carbocycles. The van der Waals surface area contributed by atoms with Crippen LogP contribution in [0.5, 0.6) is 0 Å². The van der Waals surface area contributed by atoms with Gasteiger partial charge in [0.25, 0.3) is 17.7 Å². The van der Waals surface area contributed by atoms with Crippen LogP contribution in [0.25, 0.3) is 0 Å². The standard InChI is InChI=1S/C20H18FN3O3/c1-23-19(26)16-5-4-12(8-17(16)20(23)27)18(25)22-14-9-13(21)10-15(11-14)24-6-2-3-7-24/h4-5,8-11H,2-3,6-7H2,1H3,(H,22,25). The Hall–Kier alpha value is -3.22. The summed E-state index contributed by atoms with van der Waals surface area (Å²) in [5.41, 5.74) is 1.80. The third kappa shape index (κ3) is 3.05. The molecule has 0 unspecified atom stereocenters. The zero-order valence-electron chi connectivity index (χ0n) is 14.8. The molecule has 2 aliphatic heterocycles. The number of imide groups is 1. The number of rotatable bonds is 3. The number of anilines is 2. The number of carbonyl (C=O) groups is 3. The summed E-state index contributed by atoms with van der Waals surface area (Å²) >= 11 is 0. The van der Waals surface area contributed by atoms with E-state index in [4.69, 9.17) is 0 Å². The quantitative estimate of drug-likeness (QED) is 0.847. The molecule has 1 fully saturated rings. The molecule has 1 N–H and O–H groups in total. The summed E-state index contributed by atoms with van der Waals surface area (Å²) in [6.45, 7) is 1.73. The number of nitrogens with one attached hydrogen (secondary N) is 1. The molecule has 0 bridgehead atoms. The maximum Gasteiger partial charge on any atom is 0.261 e. The Kier molecular flexibility index (Phi) is 4.14. The SMILES string of the molecule is CN1C(=O)c2ccc(C(=O)Nc3cc(F)cc(N4CCCC4)c3)cc2C1=O. The van der Waals surface area contributed by atoms with E-state index >= 15 is 0 Å². The van der Waals surface area contributed by atoms with E-state index in [1.54, 1.807) is 6.07 Å². The highest BCUT2D eigenvalue weighted by atomic mass is 19.1. The maximum absolute atomic E-state index is 14.0. The van der Waals surface area contributed by atoms with Crippen molar-refractivity contribution in [1.82, 2.24) is 4.90 Å². The van der Waals surface area contributed by atoms with E-state index < -0.39 is 17.6 Å². The third-order valence-corrected chi connectivity index (χ3v) is 4.96. The van der Waals surface area contributed by atoms with Gasteiger partial charge in [0.05, 0.1) is 11.1 Å². The van der Waals surface area contributed by atoms with Gasteiger partial charge >= 0.3 is 0 Å². The molecule has 0 aromatic heterocycles. The van der Waals surface area contributed by atoms with E-state index in [0.717, 1.165) is 36.5 Å². The fourth-order valence-corrected chi connectivity index (χ4v) is 3.51. The molecule has 138 valence electrons. The van der Waals surface area contributed by atoms with E-state index in [1.165, 1.54) is 37.4 Å². The third-order valence-electron chi connectivity index (χ3n) is 4.96. The van der Waals surface area contributed by atoms with Crippen LogP contribution in [-0.2, 0) is 0 Å². The average molecular weight is 367 g/mol. The smallest absolute Gasteiger partial charge is 0.261 e. The van der Waals surface area contributed by atoms with Crippen molar-refractivity contribution < 1.29 is 18.8 Å². The maximum atomic E-state index is 14.0. The van der Waals surface area contributed by atoms with Crippen LogP contribution >= 0.6 is 0 Å². The van der Waals surface area contributed by atoms with E-state index in [1.807, 2.05) is 0 Å². The van der Waals surface area contributed by atoms with Gasteiger partial charge in [0.1, 0.15) is 5.82 Å². The van der Waals surface area contributed by atoms with Gasteiger partial charge in [0.15, 0.2) is 0 Å². The fourth-order valence-electron chi connectivity index (χ4n) is 3.51. The summed E-state index contributed by atoms with van der Waals surface area (Å²) in [6, 6.07) is 8.80. The van der Waals surface area contributed by atoms with Gasteiger partial charge in [-0.1, -0.05) is 0 Å². The Morgan fingerprint density at radius 2 is 1.70 bits per heavy atom. The van der Waals surface area contributed by atoms with Crippen LogP contribution < -0.4 is 10.2 Å². The predicted molar refractivity (Wildman–Crippen MR) is 98.7 cm³/mol. The van der Waals surface area contributed by atoms with Gasteiger partial charge in [-0.15, -0.1) is 0 Å². The number of fused-ring (bicyclic) bond motifs is 1. The Balaban J connectivity index is 1.58. The first-order valence-corrected chi connectivity index (χ1v) is 8.77. The molecule has 2 aromatic rings. The average Bonchev–Trinajstić information content (AvgIpc) is 3.26. The molecule has 0 radical (unpaired) electrons. The summed E-state index contributed by atoms with van der Waals surface area (Å²) in [5, 5.41) is 2.68. The number of nitrogens with zero attached hydrogens (tertiary/aromatic N) is 2. The highest BCUT2D eigenvalue weighted by Gasteiger charge is 2.33. The fraction of sp³-hybridized carbons (Fsp3) is 0.250. The molecule has 0 atom stereocenters. The first-order valence-electron chi connectivity index (χ1n) is 8.77. The monoisotopic (exact) mass is 367 g/mol. The Bertz CT molecular complexity index is 967. The topological polar surface area (TPSA) is 69.7 Å². The van der Waals surface area contributed by atoms with Gasteiger partial charge in [-0.3, -0.25) is 19.3 Å². The van der Waals surface area contributed by atoms with Crippen LogP contribution in [0.3, 0.4) is 0 Å². The molecular weight excluding hydrogens is 349 g/mol. The van der Waals surface area contributed by atoms with Crippen molar-refractivity contribution in [3.05, 3.63) is 58.9 Å². The van der Waals surface area contributed by atoms with E-state index in [-0.39, 0.29) is 22.6 Å². The molecular formula is C20H18FN3O3. The van der Waals surface area contributed by atoms with E-state index in [9.17, 15) is 18.8 Å². The van der Waals surface area contributed by atoms with Crippen molar-refractivity contribution in [3.63, 3.8) is 0 Å². The number of amides is 3. The summed E-state index contributed by atoms with van der Waals surface area (Å²) in [5.74, 6) is -1.72. The molecule has 0 spiro atoms. The van der Waals surface area contributed by atoms with Crippen LogP contribution in [-0.4, -0.2) is 42.8 Å². The van der Waals surface area contributed by atoms with Gasteiger partial charge in [0.2, 0.25) is 0 Å². The second-order valence-corrected chi connectivity index (χ2v) is 6.78. The van der Waals surface area contributed by atoms with Gasteiger partial charge in [-0.05, 0) is 49.2 Å². The van der Waals surface area contributed by atoms with Crippen LogP contribution in [0.4, 0.5) is 15.8 Å². The number of halogens is 1. The molecule has 1 saturated heterocycles. The van der Waals surface area contributed by atoms with Crippen molar-refractivity contribution in [3.8, 4) is 0 Å². The highest BCUT2D eigenvalue weighted by molar-refractivity contribution is 6.22. The molecule has 0 aliphatic carbocycles. The summed E-state index contributed by atoms with van der Waals surface area (Å²) in [4.78, 5) is 39.7. The molecule has 2 heterocycles. The second-order valence-electron chi connectivity index (χ2n) is 6.78. The number of benzene rings is 2. The second kappa shape index (κ2) is 6.50. The van der Waals surface area contributed by atoms with Crippen LogP contribution in [0.15, 0.2) is 36.4 Å². The molecule has 4 rings (SSSR count). The van der Waals surface area contributed by atoms with Gasteiger partial charge in [0, 0.05) is 37.1 Å². The van der Waals surface area contributed by atoms with Crippen LogP contribution in [0, 0.1) is 5.82 Å². The minimum Gasteiger partial charge on any atom is -0.371 e. The normalized spacial score (nSPS) is 16.1. The molecule has 7 heteroatoms. The lowest BCUT2D eigenvalue weighted by Crippen LogP contribution is -2.24. The molecule has 3 amide bonds. The van der Waals surface area contributed by atoms with Crippen molar-refractivity contribution in [2.75, 3.05) is 30.4 Å². The van der Waals surface area contributed by atoms with E-state index in [2.05, 4.69) is 10.2 Å². The van der Waals surface area contributed by atoms with Crippen LogP contribution in [0.1, 0.15) is 43.9 Å². The molecule has 6 nitrogen and oxygen atoms in total. The van der Waals surface area contributed by atoms with Crippen molar-refractivity contribution in [2.24, 2.45) is 0 Å². The molecule has 2 aromatic carbocycles. The van der Waals surface area contributed by atoms with Gasteiger partial charge in [-0.2, -0.15) is 0 Å². The highest BCUT2D eigenvalue weighted by Crippen LogP contribution is 2.26. The zero-order valence-corrected chi connectivity index (χ0v) is 14.8. The predicted octanol–water partition coefficient (Wildman–Crippen LogP) is 2.90. The number of hydrogen-bond acceptors (Lipinski definition) is 4. The summed E-state index contributed by atoms with van der Waals surface area (Å²) in [6.07, 6.45) is 2.13. The van der Waals surface area contributed by atoms with Gasteiger partial charge < -0.3 is 10.2 Å². The largest absolute Gasteiger partial charge is 0.371 e. The number of carbonyl (C=O) groups excluding carboxylic acids is 3. The van der Waals surface area contributed by atoms with E-state index in [0.29, 0.717) is 5.69 Å². The van der Waals surface area contributed by atoms with Crippen LogP contribution in [0.2, 0.25) is 0 Å². The first kappa shape index (κ1) is 17.2. The minimum atomic E-state index is -0.467. The lowest BCUT2D eigenvalue weighted by molar-refractivity contribution is 0.0693. The molecule has 27 heavy (non-hydrogen) atoms. The summed E-state index contributed by atoms with van der Waals surface area (Å²) < 4.78 is 14.0. The van der Waals surface area contributed by atoms with Gasteiger partial charge in [-0.25, -0.2) is 4.39 Å².